The molecule has 1 fully saturated rings. The number of ether oxygens (including phenoxy) is 1. The Bertz CT molecular complexity index is 416. The summed E-state index contributed by atoms with van der Waals surface area (Å²) in [7, 11) is -4.73. The van der Waals surface area contributed by atoms with Gasteiger partial charge in [0.05, 0.1) is 0 Å². The summed E-state index contributed by atoms with van der Waals surface area (Å²) in [6.45, 7) is 4.82. The van der Waals surface area contributed by atoms with Crippen LogP contribution in [0.15, 0.2) is 0 Å². The number of esters is 1. The van der Waals surface area contributed by atoms with E-state index in [4.69, 9.17) is 4.74 Å². The summed E-state index contributed by atoms with van der Waals surface area (Å²) in [5, 5.41) is 0. The lowest BCUT2D eigenvalue weighted by Crippen LogP contribution is -2.45. The van der Waals surface area contributed by atoms with Crippen molar-refractivity contribution < 1.29 is 26.7 Å². The highest BCUT2D eigenvalue weighted by Crippen LogP contribution is 2.26. The Kier molecular flexibility index (Phi) is 4.32. The standard InChI is InChI=1S/C10H17F2NO4S/c1-10(2,3)17-8(14)7-5-4-6-13(7)18(15,16)9(11)12/h7,9H,4-6H2,1-3H3/t7-/m0/s1. The van der Waals surface area contributed by atoms with Gasteiger partial charge in [-0.25, -0.2) is 8.42 Å². The molecule has 0 bridgehead atoms. The predicted molar refractivity (Wildman–Crippen MR) is 60.5 cm³/mol. The van der Waals surface area contributed by atoms with Crippen LogP contribution in [0.3, 0.4) is 0 Å². The van der Waals surface area contributed by atoms with Crippen LogP contribution in [0.5, 0.6) is 0 Å². The zero-order valence-electron chi connectivity index (χ0n) is 10.5. The van der Waals surface area contributed by atoms with E-state index in [1.54, 1.807) is 20.8 Å². The number of alkyl halides is 2. The van der Waals surface area contributed by atoms with E-state index in [2.05, 4.69) is 0 Å². The maximum absolute atomic E-state index is 12.5. The molecule has 0 aromatic rings. The average Bonchev–Trinajstić information content (AvgIpc) is 2.62. The van der Waals surface area contributed by atoms with Crippen LogP contribution >= 0.6 is 0 Å². The van der Waals surface area contributed by atoms with E-state index >= 15 is 0 Å². The van der Waals surface area contributed by atoms with Crippen molar-refractivity contribution in [2.75, 3.05) is 6.54 Å². The van der Waals surface area contributed by atoms with Crippen LogP contribution in [-0.4, -0.2) is 42.6 Å². The quantitative estimate of drug-likeness (QED) is 0.734. The molecule has 0 aromatic carbocycles. The summed E-state index contributed by atoms with van der Waals surface area (Å²) in [5.74, 6) is -4.29. The van der Waals surface area contributed by atoms with Gasteiger partial charge in [-0.15, -0.1) is 0 Å². The van der Waals surface area contributed by atoms with Crippen LogP contribution in [0.2, 0.25) is 0 Å². The van der Waals surface area contributed by atoms with Crippen LogP contribution in [0.25, 0.3) is 0 Å². The molecule has 1 rings (SSSR count). The van der Waals surface area contributed by atoms with Crippen molar-refractivity contribution >= 4 is 16.0 Å². The molecule has 0 aliphatic carbocycles. The van der Waals surface area contributed by atoms with Crippen molar-refractivity contribution in [3.05, 3.63) is 0 Å². The van der Waals surface area contributed by atoms with E-state index in [9.17, 15) is 22.0 Å². The summed E-state index contributed by atoms with van der Waals surface area (Å²) in [6, 6.07) is -1.14. The number of halogens is 2. The molecule has 0 saturated carbocycles. The van der Waals surface area contributed by atoms with Gasteiger partial charge in [0.2, 0.25) is 0 Å². The molecule has 0 amide bonds. The first-order valence-corrected chi connectivity index (χ1v) is 7.07. The molecular formula is C10H17F2NO4S. The first-order chi connectivity index (χ1) is 8.05. The Morgan fingerprint density at radius 1 is 1.39 bits per heavy atom. The largest absolute Gasteiger partial charge is 0.459 e. The Hall–Kier alpha value is -0.760. The monoisotopic (exact) mass is 285 g/mol. The van der Waals surface area contributed by atoms with Crippen molar-refractivity contribution in [1.82, 2.24) is 4.31 Å². The van der Waals surface area contributed by atoms with Gasteiger partial charge >= 0.3 is 11.7 Å². The highest BCUT2D eigenvalue weighted by atomic mass is 32.2. The van der Waals surface area contributed by atoms with Gasteiger partial charge in [-0.2, -0.15) is 13.1 Å². The Morgan fingerprint density at radius 2 is 1.94 bits per heavy atom. The van der Waals surface area contributed by atoms with Gasteiger partial charge < -0.3 is 4.74 Å². The molecular weight excluding hydrogens is 268 g/mol. The zero-order chi connectivity index (χ0) is 14.1. The van der Waals surface area contributed by atoms with Crippen molar-refractivity contribution in [3.63, 3.8) is 0 Å². The van der Waals surface area contributed by atoms with Crippen molar-refractivity contribution in [3.8, 4) is 0 Å². The van der Waals surface area contributed by atoms with E-state index < -0.39 is 33.4 Å². The highest BCUT2D eigenvalue weighted by Gasteiger charge is 2.44. The van der Waals surface area contributed by atoms with Gasteiger partial charge in [0.1, 0.15) is 11.6 Å². The number of carbonyl (C=O) groups excluding carboxylic acids is 1. The van der Waals surface area contributed by atoms with Gasteiger partial charge in [-0.3, -0.25) is 4.79 Å². The van der Waals surface area contributed by atoms with Crippen LogP contribution in [0.1, 0.15) is 33.6 Å². The summed E-state index contributed by atoms with van der Waals surface area (Å²) in [4.78, 5) is 11.8. The van der Waals surface area contributed by atoms with Crippen LogP contribution in [-0.2, 0) is 19.6 Å². The average molecular weight is 285 g/mol. The molecule has 8 heteroatoms. The summed E-state index contributed by atoms with van der Waals surface area (Å²) in [5.41, 5.74) is -0.778. The predicted octanol–water partition coefficient (Wildman–Crippen LogP) is 1.34. The van der Waals surface area contributed by atoms with Gasteiger partial charge in [-0.05, 0) is 33.6 Å². The molecule has 1 atom stereocenters. The second kappa shape index (κ2) is 5.08. The van der Waals surface area contributed by atoms with Crippen molar-refractivity contribution in [2.24, 2.45) is 0 Å². The molecule has 0 spiro atoms. The van der Waals surface area contributed by atoms with E-state index in [0.29, 0.717) is 10.7 Å². The second-order valence-corrected chi connectivity index (χ2v) is 6.96. The second-order valence-electron chi connectivity index (χ2n) is 5.11. The fraction of sp³-hybridized carbons (Fsp3) is 0.900. The van der Waals surface area contributed by atoms with Gasteiger partial charge in [0.25, 0.3) is 10.0 Å². The Morgan fingerprint density at radius 3 is 2.39 bits per heavy atom. The minimum absolute atomic E-state index is 0.0728. The van der Waals surface area contributed by atoms with Crippen molar-refractivity contribution in [2.45, 2.75) is 51.0 Å². The molecule has 0 radical (unpaired) electrons. The Labute approximate surface area is 105 Å². The summed E-state index contributed by atoms with van der Waals surface area (Å²) in [6.07, 6.45) is 0.580. The molecule has 5 nitrogen and oxygen atoms in total. The van der Waals surface area contributed by atoms with Crippen molar-refractivity contribution in [1.29, 1.82) is 0 Å². The molecule has 0 aromatic heterocycles. The molecule has 0 N–H and O–H groups in total. The molecule has 18 heavy (non-hydrogen) atoms. The van der Waals surface area contributed by atoms with Gasteiger partial charge in [-0.1, -0.05) is 0 Å². The molecule has 1 heterocycles. The van der Waals surface area contributed by atoms with E-state index in [0.717, 1.165) is 0 Å². The number of carbonyl (C=O) groups is 1. The molecule has 106 valence electrons. The highest BCUT2D eigenvalue weighted by molar-refractivity contribution is 7.89. The lowest BCUT2D eigenvalue weighted by molar-refractivity contribution is -0.158. The summed E-state index contributed by atoms with van der Waals surface area (Å²) >= 11 is 0. The minimum atomic E-state index is -4.73. The fourth-order valence-corrected chi connectivity index (χ4v) is 2.89. The third-order valence-corrected chi connectivity index (χ3v) is 3.98. The van der Waals surface area contributed by atoms with Gasteiger partial charge in [0.15, 0.2) is 0 Å². The third kappa shape index (κ3) is 3.38. The minimum Gasteiger partial charge on any atom is -0.459 e. The normalized spacial score (nSPS) is 22.4. The molecule has 1 saturated heterocycles. The smallest absolute Gasteiger partial charge is 0.350 e. The zero-order valence-corrected chi connectivity index (χ0v) is 11.3. The lowest BCUT2D eigenvalue weighted by Gasteiger charge is -2.26. The first-order valence-electron chi connectivity index (χ1n) is 5.57. The maximum Gasteiger partial charge on any atom is 0.350 e. The van der Waals surface area contributed by atoms with E-state index in [1.807, 2.05) is 0 Å². The number of rotatable bonds is 3. The SMILES string of the molecule is CC(C)(C)OC(=O)[C@@H]1CCCN1S(=O)(=O)C(F)F. The topological polar surface area (TPSA) is 63.7 Å². The lowest BCUT2D eigenvalue weighted by atomic mass is 10.2. The summed E-state index contributed by atoms with van der Waals surface area (Å²) < 4.78 is 53.3. The number of hydrogen-bond donors (Lipinski definition) is 0. The first kappa shape index (κ1) is 15.3. The Balaban J connectivity index is 2.87. The molecule has 0 unspecified atom stereocenters. The fourth-order valence-electron chi connectivity index (χ4n) is 1.75. The third-order valence-electron chi connectivity index (χ3n) is 2.43. The van der Waals surface area contributed by atoms with Crippen LogP contribution in [0, 0.1) is 0 Å². The van der Waals surface area contributed by atoms with Crippen LogP contribution < -0.4 is 0 Å². The van der Waals surface area contributed by atoms with E-state index in [-0.39, 0.29) is 13.0 Å². The maximum atomic E-state index is 12.5. The number of nitrogens with zero attached hydrogens (tertiary/aromatic N) is 1. The van der Waals surface area contributed by atoms with Crippen LogP contribution in [0.4, 0.5) is 8.78 Å². The number of hydrogen-bond acceptors (Lipinski definition) is 4. The number of sulfonamides is 1. The molecule has 1 aliphatic heterocycles. The van der Waals surface area contributed by atoms with E-state index in [1.165, 1.54) is 0 Å². The van der Waals surface area contributed by atoms with Gasteiger partial charge in [0, 0.05) is 6.54 Å². The molecule has 1 aliphatic rings.